The van der Waals surface area contributed by atoms with Crippen molar-refractivity contribution >= 4 is 16.7 Å². The summed E-state index contributed by atoms with van der Waals surface area (Å²) in [7, 11) is 0. The quantitative estimate of drug-likeness (QED) is 0.842. The van der Waals surface area contributed by atoms with E-state index in [2.05, 4.69) is 10.2 Å². The van der Waals surface area contributed by atoms with E-state index >= 15 is 0 Å². The van der Waals surface area contributed by atoms with E-state index in [1.165, 1.54) is 0 Å². The van der Waals surface area contributed by atoms with E-state index in [0.29, 0.717) is 6.42 Å². The lowest BCUT2D eigenvalue weighted by Gasteiger charge is -2.08. The Morgan fingerprint density at radius 1 is 1.10 bits per heavy atom. The molecule has 0 bridgehead atoms. The van der Waals surface area contributed by atoms with Gasteiger partial charge in [-0.3, -0.25) is 0 Å². The minimum atomic E-state index is -0.942. The van der Waals surface area contributed by atoms with Gasteiger partial charge in [0.15, 0.2) is 6.04 Å². The first-order valence-electron chi connectivity index (χ1n) is 6.66. The molecule has 104 valence electrons. The van der Waals surface area contributed by atoms with Crippen molar-refractivity contribution < 1.29 is 9.90 Å². The smallest absolute Gasteiger partial charge is 0.330 e. The molecule has 0 saturated heterocycles. The molecule has 0 aliphatic carbocycles. The summed E-state index contributed by atoms with van der Waals surface area (Å²) in [4.78, 5) is 11.2. The van der Waals surface area contributed by atoms with Gasteiger partial charge in [0, 0.05) is 6.42 Å². The van der Waals surface area contributed by atoms with Gasteiger partial charge in [-0.25, -0.2) is 4.79 Å². The molecular weight excluding hydrogens is 252 g/mol. The number of aliphatic carboxylic acids is 1. The van der Waals surface area contributed by atoms with Crippen molar-refractivity contribution in [1.29, 1.82) is 0 Å². The maximum absolute atomic E-state index is 11.2. The van der Waals surface area contributed by atoms with Gasteiger partial charge in [-0.2, -0.15) is 10.2 Å². The van der Waals surface area contributed by atoms with Crippen LogP contribution < -0.4 is 0 Å². The van der Waals surface area contributed by atoms with Gasteiger partial charge in [-0.1, -0.05) is 42.5 Å². The highest BCUT2D eigenvalue weighted by Gasteiger charge is 2.17. The molecule has 2 rings (SSSR count). The molecule has 0 aliphatic rings. The summed E-state index contributed by atoms with van der Waals surface area (Å²) in [5.41, 5.74) is 0.957. The molecule has 0 unspecified atom stereocenters. The summed E-state index contributed by atoms with van der Waals surface area (Å²) in [6.07, 6.45) is 0.358. The molecule has 0 saturated carbocycles. The van der Waals surface area contributed by atoms with Gasteiger partial charge in [0.2, 0.25) is 0 Å². The Hall–Kier alpha value is -2.23. The molecular formula is C16H18N2O2. The number of hydrogen-bond acceptors (Lipinski definition) is 3. The molecule has 1 N–H and O–H groups in total. The number of carbonyl (C=O) groups is 1. The van der Waals surface area contributed by atoms with Crippen LogP contribution in [0.15, 0.2) is 52.7 Å². The molecule has 0 heterocycles. The Balaban J connectivity index is 2.22. The second kappa shape index (κ2) is 6.28. The average Bonchev–Trinajstić information content (AvgIpc) is 2.42. The fraction of sp³-hybridized carbons (Fsp3) is 0.312. The molecule has 2 aromatic carbocycles. The summed E-state index contributed by atoms with van der Waals surface area (Å²) >= 11 is 0. The van der Waals surface area contributed by atoms with Crippen LogP contribution in [0.3, 0.4) is 0 Å². The number of carboxylic acids is 1. The number of hydrogen-bond donors (Lipinski definition) is 1. The standard InChI is InChI=1S/C16H18N2O2/c1-11(2)17-18-15(16(19)20)10-12-7-8-13-5-3-4-6-14(13)9-12/h3-9,11,15H,10H2,1-2H3,(H,19,20)/t15-/m0/s1. The first-order chi connectivity index (χ1) is 9.56. The summed E-state index contributed by atoms with van der Waals surface area (Å²) in [6.45, 7) is 3.75. The highest BCUT2D eigenvalue weighted by molar-refractivity contribution is 5.83. The average molecular weight is 270 g/mol. The Kier molecular flexibility index (Phi) is 4.45. The lowest BCUT2D eigenvalue weighted by atomic mass is 10.0. The lowest BCUT2D eigenvalue weighted by Crippen LogP contribution is -2.20. The Bertz CT molecular complexity index is 635. The zero-order valence-corrected chi connectivity index (χ0v) is 11.7. The van der Waals surface area contributed by atoms with Crippen molar-refractivity contribution in [2.75, 3.05) is 0 Å². The molecule has 0 fully saturated rings. The molecule has 4 heteroatoms. The van der Waals surface area contributed by atoms with Gasteiger partial charge in [0.1, 0.15) is 0 Å². The molecule has 0 aliphatic heterocycles. The first kappa shape index (κ1) is 14.2. The van der Waals surface area contributed by atoms with Crippen LogP contribution in [0, 0.1) is 0 Å². The van der Waals surface area contributed by atoms with Crippen LogP contribution in [0.2, 0.25) is 0 Å². The maximum atomic E-state index is 11.2. The minimum absolute atomic E-state index is 0.00783. The zero-order chi connectivity index (χ0) is 14.5. The van der Waals surface area contributed by atoms with E-state index < -0.39 is 12.0 Å². The fourth-order valence-electron chi connectivity index (χ4n) is 1.98. The first-order valence-corrected chi connectivity index (χ1v) is 6.66. The maximum Gasteiger partial charge on any atom is 0.330 e. The second-order valence-corrected chi connectivity index (χ2v) is 5.06. The number of fused-ring (bicyclic) bond motifs is 1. The van der Waals surface area contributed by atoms with Crippen molar-refractivity contribution in [2.24, 2.45) is 10.2 Å². The number of nitrogens with zero attached hydrogens (tertiary/aromatic N) is 2. The van der Waals surface area contributed by atoms with E-state index in [-0.39, 0.29) is 6.04 Å². The molecule has 0 aromatic heterocycles. The SMILES string of the molecule is CC(C)N=N[C@@H](Cc1ccc2ccccc2c1)C(=O)O. The number of azo groups is 1. The molecule has 2 aromatic rings. The van der Waals surface area contributed by atoms with Gasteiger partial charge >= 0.3 is 5.97 Å². The monoisotopic (exact) mass is 270 g/mol. The van der Waals surface area contributed by atoms with Gasteiger partial charge in [-0.15, -0.1) is 0 Å². The molecule has 4 nitrogen and oxygen atoms in total. The van der Waals surface area contributed by atoms with Crippen molar-refractivity contribution in [3.8, 4) is 0 Å². The van der Waals surface area contributed by atoms with Crippen LogP contribution in [-0.4, -0.2) is 23.2 Å². The van der Waals surface area contributed by atoms with Crippen LogP contribution in [0.25, 0.3) is 10.8 Å². The van der Waals surface area contributed by atoms with Gasteiger partial charge in [0.05, 0.1) is 6.04 Å². The summed E-state index contributed by atoms with van der Waals surface area (Å²) in [5.74, 6) is -0.942. The zero-order valence-electron chi connectivity index (χ0n) is 11.7. The molecule has 0 radical (unpaired) electrons. The predicted molar refractivity (Wildman–Crippen MR) is 79.1 cm³/mol. The van der Waals surface area contributed by atoms with Gasteiger partial charge in [-0.05, 0) is 30.2 Å². The van der Waals surface area contributed by atoms with Crippen molar-refractivity contribution in [3.63, 3.8) is 0 Å². The lowest BCUT2D eigenvalue weighted by molar-refractivity contribution is -0.138. The fourth-order valence-corrected chi connectivity index (χ4v) is 1.98. The number of rotatable bonds is 5. The van der Waals surface area contributed by atoms with E-state index in [1.807, 2.05) is 56.3 Å². The summed E-state index contributed by atoms with van der Waals surface area (Å²) < 4.78 is 0. The van der Waals surface area contributed by atoms with Crippen LogP contribution >= 0.6 is 0 Å². The highest BCUT2D eigenvalue weighted by Crippen LogP contribution is 2.17. The Labute approximate surface area is 118 Å². The minimum Gasteiger partial charge on any atom is -0.480 e. The third kappa shape index (κ3) is 3.63. The van der Waals surface area contributed by atoms with Gasteiger partial charge < -0.3 is 5.11 Å². The van der Waals surface area contributed by atoms with Crippen molar-refractivity contribution in [1.82, 2.24) is 0 Å². The van der Waals surface area contributed by atoms with Crippen LogP contribution in [0.5, 0.6) is 0 Å². The van der Waals surface area contributed by atoms with E-state index in [4.69, 9.17) is 0 Å². The summed E-state index contributed by atoms with van der Waals surface area (Å²) in [5, 5.41) is 19.3. The number of benzene rings is 2. The van der Waals surface area contributed by atoms with Crippen molar-refractivity contribution in [2.45, 2.75) is 32.4 Å². The van der Waals surface area contributed by atoms with Crippen LogP contribution in [0.4, 0.5) is 0 Å². The Morgan fingerprint density at radius 3 is 2.45 bits per heavy atom. The molecule has 0 amide bonds. The normalized spacial score (nSPS) is 13.2. The predicted octanol–water partition coefficient (Wildman–Crippen LogP) is 3.70. The molecule has 20 heavy (non-hydrogen) atoms. The summed E-state index contributed by atoms with van der Waals surface area (Å²) in [6, 6.07) is 13.2. The van der Waals surface area contributed by atoms with E-state index in [1.54, 1.807) is 0 Å². The molecule has 1 atom stereocenters. The third-order valence-corrected chi connectivity index (χ3v) is 2.96. The Morgan fingerprint density at radius 2 is 1.80 bits per heavy atom. The second-order valence-electron chi connectivity index (χ2n) is 5.06. The third-order valence-electron chi connectivity index (χ3n) is 2.96. The number of carboxylic acid groups (broad SMARTS) is 1. The van der Waals surface area contributed by atoms with E-state index in [9.17, 15) is 9.90 Å². The van der Waals surface area contributed by atoms with Crippen LogP contribution in [-0.2, 0) is 11.2 Å². The van der Waals surface area contributed by atoms with Gasteiger partial charge in [0.25, 0.3) is 0 Å². The van der Waals surface area contributed by atoms with E-state index in [0.717, 1.165) is 16.3 Å². The van der Waals surface area contributed by atoms with Crippen molar-refractivity contribution in [3.05, 3.63) is 48.0 Å². The molecule has 0 spiro atoms. The largest absolute Gasteiger partial charge is 0.480 e. The topological polar surface area (TPSA) is 62.0 Å². The van der Waals surface area contributed by atoms with Crippen LogP contribution in [0.1, 0.15) is 19.4 Å². The highest BCUT2D eigenvalue weighted by atomic mass is 16.4.